The molecule has 1 aromatic carbocycles. The molecule has 0 unspecified atom stereocenters. The number of hydrogen-bond donors (Lipinski definition) is 3. The van der Waals surface area contributed by atoms with E-state index in [0.29, 0.717) is 16.9 Å². The SMILES string of the molecule is Cn1cc(Nc2cc(O)ccc2C=N)ccc1=O. The monoisotopic (exact) mass is 243 g/mol. The first-order valence-electron chi connectivity index (χ1n) is 5.37. The number of aromatic hydroxyl groups is 1. The fourth-order valence-electron chi connectivity index (χ4n) is 1.60. The minimum absolute atomic E-state index is 0.0938. The van der Waals surface area contributed by atoms with Crippen LogP contribution in [-0.4, -0.2) is 15.9 Å². The van der Waals surface area contributed by atoms with E-state index in [4.69, 9.17) is 5.41 Å². The van der Waals surface area contributed by atoms with Crippen molar-refractivity contribution in [2.24, 2.45) is 7.05 Å². The van der Waals surface area contributed by atoms with Gasteiger partial charge >= 0.3 is 0 Å². The van der Waals surface area contributed by atoms with Crippen molar-refractivity contribution >= 4 is 17.6 Å². The number of hydrogen-bond acceptors (Lipinski definition) is 4. The van der Waals surface area contributed by atoms with E-state index < -0.39 is 0 Å². The van der Waals surface area contributed by atoms with Crippen LogP contribution < -0.4 is 10.9 Å². The maximum absolute atomic E-state index is 11.3. The van der Waals surface area contributed by atoms with Gasteiger partial charge in [-0.1, -0.05) is 0 Å². The first kappa shape index (κ1) is 11.9. The maximum Gasteiger partial charge on any atom is 0.250 e. The molecular weight excluding hydrogens is 230 g/mol. The lowest BCUT2D eigenvalue weighted by Crippen LogP contribution is -2.14. The van der Waals surface area contributed by atoms with Gasteiger partial charge in [0.1, 0.15) is 5.75 Å². The highest BCUT2D eigenvalue weighted by Crippen LogP contribution is 2.23. The maximum atomic E-state index is 11.3. The van der Waals surface area contributed by atoms with Crippen LogP contribution in [0.25, 0.3) is 0 Å². The van der Waals surface area contributed by atoms with E-state index in [0.717, 1.165) is 0 Å². The summed E-state index contributed by atoms with van der Waals surface area (Å²) >= 11 is 0. The molecule has 2 aromatic rings. The molecule has 0 spiro atoms. The molecule has 0 aliphatic heterocycles. The van der Waals surface area contributed by atoms with E-state index in [1.54, 1.807) is 25.4 Å². The van der Waals surface area contributed by atoms with Crippen molar-refractivity contribution < 1.29 is 5.11 Å². The van der Waals surface area contributed by atoms with Gasteiger partial charge in [-0.3, -0.25) is 4.79 Å². The van der Waals surface area contributed by atoms with Crippen LogP contribution in [0.15, 0.2) is 41.3 Å². The molecule has 0 fully saturated rings. The van der Waals surface area contributed by atoms with E-state index in [1.165, 1.54) is 29.0 Å². The third kappa shape index (κ3) is 2.40. The van der Waals surface area contributed by atoms with E-state index in [-0.39, 0.29) is 11.3 Å². The van der Waals surface area contributed by atoms with Gasteiger partial charge in [-0.25, -0.2) is 0 Å². The number of nitrogens with one attached hydrogen (secondary N) is 2. The molecule has 0 aliphatic carbocycles. The molecule has 5 nitrogen and oxygen atoms in total. The van der Waals surface area contributed by atoms with Gasteiger partial charge in [-0.15, -0.1) is 0 Å². The zero-order valence-corrected chi connectivity index (χ0v) is 9.84. The molecule has 0 radical (unpaired) electrons. The molecule has 18 heavy (non-hydrogen) atoms. The highest BCUT2D eigenvalue weighted by molar-refractivity contribution is 5.87. The number of aryl methyl sites for hydroxylation is 1. The van der Waals surface area contributed by atoms with Crippen molar-refractivity contribution in [3.8, 4) is 5.75 Å². The van der Waals surface area contributed by atoms with Crippen LogP contribution in [0.4, 0.5) is 11.4 Å². The summed E-state index contributed by atoms with van der Waals surface area (Å²) < 4.78 is 1.45. The van der Waals surface area contributed by atoms with Crippen LogP contribution in [0.5, 0.6) is 5.75 Å². The molecular formula is C13H13N3O2. The van der Waals surface area contributed by atoms with Crippen LogP contribution in [0, 0.1) is 5.41 Å². The summed E-state index contributed by atoms with van der Waals surface area (Å²) in [6, 6.07) is 7.81. The van der Waals surface area contributed by atoms with Crippen LogP contribution >= 0.6 is 0 Å². The molecule has 0 atom stereocenters. The summed E-state index contributed by atoms with van der Waals surface area (Å²) in [5.41, 5.74) is 1.89. The van der Waals surface area contributed by atoms with Crippen molar-refractivity contribution in [1.82, 2.24) is 4.57 Å². The van der Waals surface area contributed by atoms with Crippen LogP contribution in [0.1, 0.15) is 5.56 Å². The van der Waals surface area contributed by atoms with Crippen molar-refractivity contribution in [2.75, 3.05) is 5.32 Å². The highest BCUT2D eigenvalue weighted by atomic mass is 16.3. The standard InChI is InChI=1S/C13H13N3O2/c1-16-8-10(3-5-13(16)18)15-12-6-11(17)4-2-9(12)7-14/h2-8,14-15,17H,1H3. The Kier molecular flexibility index (Phi) is 3.14. The van der Waals surface area contributed by atoms with Crippen LogP contribution in [0.3, 0.4) is 0 Å². The summed E-state index contributed by atoms with van der Waals surface area (Å²) in [6.07, 6.45) is 2.85. The molecule has 0 saturated carbocycles. The predicted octanol–water partition coefficient (Wildman–Crippen LogP) is 1.83. The number of rotatable bonds is 3. The Hall–Kier alpha value is -2.56. The third-order valence-corrected chi connectivity index (χ3v) is 2.56. The smallest absolute Gasteiger partial charge is 0.250 e. The zero-order chi connectivity index (χ0) is 13.1. The Morgan fingerprint density at radius 2 is 2.11 bits per heavy atom. The number of pyridine rings is 1. The van der Waals surface area contributed by atoms with E-state index in [9.17, 15) is 9.90 Å². The Balaban J connectivity index is 2.38. The van der Waals surface area contributed by atoms with Crippen LogP contribution in [0.2, 0.25) is 0 Å². The number of phenols is 1. The second-order valence-corrected chi connectivity index (χ2v) is 3.91. The molecule has 0 bridgehead atoms. The lowest BCUT2D eigenvalue weighted by atomic mass is 10.2. The van der Waals surface area contributed by atoms with E-state index in [1.807, 2.05) is 0 Å². The van der Waals surface area contributed by atoms with Crippen LogP contribution in [-0.2, 0) is 7.05 Å². The fraction of sp³-hybridized carbons (Fsp3) is 0.0769. The van der Waals surface area contributed by atoms with Crippen molar-refractivity contribution in [3.05, 3.63) is 52.4 Å². The molecule has 0 amide bonds. The first-order valence-corrected chi connectivity index (χ1v) is 5.37. The number of anilines is 2. The molecule has 5 heteroatoms. The number of phenolic OH excluding ortho intramolecular Hbond substituents is 1. The summed E-state index contributed by atoms with van der Waals surface area (Å²) in [5.74, 6) is 0.118. The number of benzene rings is 1. The Morgan fingerprint density at radius 3 is 2.78 bits per heavy atom. The Morgan fingerprint density at radius 1 is 1.33 bits per heavy atom. The predicted molar refractivity (Wildman–Crippen MR) is 71.0 cm³/mol. The number of nitrogens with zero attached hydrogens (tertiary/aromatic N) is 1. The van der Waals surface area contributed by atoms with E-state index >= 15 is 0 Å². The lowest BCUT2D eigenvalue weighted by Gasteiger charge is -2.10. The average Bonchev–Trinajstić information content (AvgIpc) is 2.34. The van der Waals surface area contributed by atoms with Crippen molar-refractivity contribution in [2.45, 2.75) is 0 Å². The molecule has 0 saturated heterocycles. The third-order valence-electron chi connectivity index (χ3n) is 2.56. The second kappa shape index (κ2) is 4.75. The van der Waals surface area contributed by atoms with Crippen molar-refractivity contribution in [3.63, 3.8) is 0 Å². The van der Waals surface area contributed by atoms with Crippen molar-refractivity contribution in [1.29, 1.82) is 5.41 Å². The van der Waals surface area contributed by atoms with Gasteiger partial charge in [0, 0.05) is 37.2 Å². The molecule has 2 rings (SSSR count). The van der Waals surface area contributed by atoms with Gasteiger partial charge < -0.3 is 20.4 Å². The molecule has 1 aromatic heterocycles. The highest BCUT2D eigenvalue weighted by Gasteiger charge is 2.03. The minimum Gasteiger partial charge on any atom is -0.508 e. The quantitative estimate of drug-likeness (QED) is 0.720. The average molecular weight is 243 g/mol. The second-order valence-electron chi connectivity index (χ2n) is 3.91. The van der Waals surface area contributed by atoms with E-state index in [2.05, 4.69) is 5.32 Å². The summed E-state index contributed by atoms with van der Waals surface area (Å²) in [5, 5.41) is 19.8. The number of aromatic nitrogens is 1. The molecule has 1 heterocycles. The minimum atomic E-state index is -0.0938. The molecule has 92 valence electrons. The largest absolute Gasteiger partial charge is 0.508 e. The Labute approximate surface area is 104 Å². The zero-order valence-electron chi connectivity index (χ0n) is 9.84. The normalized spacial score (nSPS) is 10.1. The molecule has 3 N–H and O–H groups in total. The van der Waals surface area contributed by atoms with Gasteiger partial charge in [-0.2, -0.15) is 0 Å². The lowest BCUT2D eigenvalue weighted by molar-refractivity contribution is 0.475. The summed E-state index contributed by atoms with van der Waals surface area (Å²) in [6.45, 7) is 0. The summed E-state index contributed by atoms with van der Waals surface area (Å²) in [7, 11) is 1.66. The molecule has 0 aliphatic rings. The van der Waals surface area contributed by atoms with Gasteiger partial charge in [-0.05, 0) is 18.2 Å². The van der Waals surface area contributed by atoms with Gasteiger partial charge in [0.2, 0.25) is 5.56 Å². The van der Waals surface area contributed by atoms with Gasteiger partial charge in [0.05, 0.1) is 11.4 Å². The van der Waals surface area contributed by atoms with Gasteiger partial charge in [0.25, 0.3) is 0 Å². The summed E-state index contributed by atoms with van der Waals surface area (Å²) in [4.78, 5) is 11.3. The van der Waals surface area contributed by atoms with Gasteiger partial charge in [0.15, 0.2) is 0 Å². The topological polar surface area (TPSA) is 78.1 Å². The first-order chi connectivity index (χ1) is 8.60. The fourth-order valence-corrected chi connectivity index (χ4v) is 1.60. The Bertz CT molecular complexity index is 647.